The summed E-state index contributed by atoms with van der Waals surface area (Å²) in [6.45, 7) is 6.12. The SMILES string of the molecule is COc1cc2c(cc1CCc1ccc(Cl)cc1)-c1nn(CCCNC(=O)OC(C)(C)C)c(C(=O)O)c1CC2. The molecule has 0 bridgehead atoms. The molecular formula is C29H34ClN3O5. The number of aromatic nitrogens is 2. The summed E-state index contributed by atoms with van der Waals surface area (Å²) in [5.41, 5.74) is 5.35. The standard InChI is InChI=1S/C29H34ClN3O5/c1-29(2,3)38-28(36)31-14-5-15-33-26(27(34)35)22-13-10-19-17-24(37-4)20(16-23(19)25(22)32-33)9-6-18-7-11-21(30)12-8-18/h7-8,11-12,16-17H,5-6,9-10,13-15H2,1-4H3,(H,31,36)(H,34,35). The lowest BCUT2D eigenvalue weighted by molar-refractivity contribution is 0.0524. The van der Waals surface area contributed by atoms with Gasteiger partial charge in [-0.25, -0.2) is 9.59 Å². The molecule has 1 aliphatic carbocycles. The molecule has 0 radical (unpaired) electrons. The number of rotatable bonds is 9. The minimum absolute atomic E-state index is 0.210. The van der Waals surface area contributed by atoms with Gasteiger partial charge >= 0.3 is 12.1 Å². The van der Waals surface area contributed by atoms with Crippen molar-refractivity contribution in [2.45, 2.75) is 65.0 Å². The molecule has 1 aliphatic rings. The molecule has 8 nitrogen and oxygen atoms in total. The number of methoxy groups -OCH3 is 1. The number of carboxylic acid groups (broad SMARTS) is 1. The second-order valence-electron chi connectivity index (χ2n) is 10.4. The fourth-order valence-electron chi connectivity index (χ4n) is 4.76. The minimum Gasteiger partial charge on any atom is -0.496 e. The molecule has 38 heavy (non-hydrogen) atoms. The normalized spacial score (nSPS) is 12.4. The molecular weight excluding hydrogens is 506 g/mol. The van der Waals surface area contributed by atoms with E-state index in [9.17, 15) is 14.7 Å². The number of carbonyl (C=O) groups excluding carboxylic acids is 1. The summed E-state index contributed by atoms with van der Waals surface area (Å²) in [5, 5.41) is 18.2. The zero-order valence-corrected chi connectivity index (χ0v) is 23.0. The Kier molecular flexibility index (Phi) is 8.31. The van der Waals surface area contributed by atoms with E-state index in [1.807, 2.05) is 24.3 Å². The van der Waals surface area contributed by atoms with E-state index in [2.05, 4.69) is 17.4 Å². The molecule has 1 heterocycles. The Bertz CT molecular complexity index is 1330. The quantitative estimate of drug-likeness (QED) is 0.338. The van der Waals surface area contributed by atoms with Crippen LogP contribution in [0, 0.1) is 0 Å². The van der Waals surface area contributed by atoms with Crippen LogP contribution in [0.4, 0.5) is 4.79 Å². The summed E-state index contributed by atoms with van der Waals surface area (Å²) >= 11 is 6.02. The van der Waals surface area contributed by atoms with E-state index in [-0.39, 0.29) is 5.69 Å². The number of halogens is 1. The number of nitrogens with one attached hydrogen (secondary N) is 1. The van der Waals surface area contributed by atoms with Crippen LogP contribution in [0.25, 0.3) is 11.3 Å². The van der Waals surface area contributed by atoms with Crippen LogP contribution in [0.15, 0.2) is 36.4 Å². The van der Waals surface area contributed by atoms with Gasteiger partial charge in [-0.3, -0.25) is 4.68 Å². The number of hydrogen-bond acceptors (Lipinski definition) is 5. The number of aryl methyl sites for hydroxylation is 4. The Hall–Kier alpha value is -3.52. The Balaban J connectivity index is 1.55. The zero-order chi connectivity index (χ0) is 27.4. The molecule has 4 rings (SSSR count). The van der Waals surface area contributed by atoms with Gasteiger partial charge < -0.3 is 19.9 Å². The van der Waals surface area contributed by atoms with E-state index in [1.54, 1.807) is 32.6 Å². The number of alkyl carbamates (subject to hydrolysis) is 1. The number of hydrogen-bond donors (Lipinski definition) is 2. The second kappa shape index (κ2) is 11.5. The average Bonchev–Trinajstić information content (AvgIpc) is 3.23. The first kappa shape index (κ1) is 27.5. The van der Waals surface area contributed by atoms with Crippen molar-refractivity contribution >= 4 is 23.7 Å². The Morgan fingerprint density at radius 2 is 1.87 bits per heavy atom. The lowest BCUT2D eigenvalue weighted by atomic mass is 9.86. The number of carbonyl (C=O) groups is 2. The third-order valence-electron chi connectivity index (χ3n) is 6.47. The molecule has 0 fully saturated rings. The monoisotopic (exact) mass is 539 g/mol. The highest BCUT2D eigenvalue weighted by Crippen LogP contribution is 2.38. The van der Waals surface area contributed by atoms with Crippen LogP contribution in [0.2, 0.25) is 5.02 Å². The van der Waals surface area contributed by atoms with Gasteiger partial charge in [0.05, 0.1) is 12.8 Å². The molecule has 0 saturated carbocycles. The average molecular weight is 540 g/mol. The third-order valence-corrected chi connectivity index (χ3v) is 6.72. The molecule has 0 spiro atoms. The maximum absolute atomic E-state index is 12.2. The first-order chi connectivity index (χ1) is 18.1. The molecule has 0 atom stereocenters. The smallest absolute Gasteiger partial charge is 0.407 e. The van der Waals surface area contributed by atoms with Gasteiger partial charge in [0.2, 0.25) is 0 Å². The molecule has 3 aromatic rings. The van der Waals surface area contributed by atoms with Gasteiger partial charge in [0.1, 0.15) is 17.0 Å². The Morgan fingerprint density at radius 3 is 2.53 bits per heavy atom. The molecule has 1 amide bonds. The topological polar surface area (TPSA) is 103 Å². The first-order valence-electron chi connectivity index (χ1n) is 12.8. The van der Waals surface area contributed by atoms with Crippen LogP contribution in [-0.2, 0) is 37.0 Å². The van der Waals surface area contributed by atoms with Gasteiger partial charge in [0.25, 0.3) is 0 Å². The molecule has 1 aromatic heterocycles. The van der Waals surface area contributed by atoms with Crippen LogP contribution in [0.5, 0.6) is 5.75 Å². The summed E-state index contributed by atoms with van der Waals surface area (Å²) in [4.78, 5) is 24.2. The van der Waals surface area contributed by atoms with Crippen molar-refractivity contribution in [3.8, 4) is 17.0 Å². The van der Waals surface area contributed by atoms with Crippen LogP contribution < -0.4 is 10.1 Å². The van der Waals surface area contributed by atoms with Crippen LogP contribution in [0.3, 0.4) is 0 Å². The summed E-state index contributed by atoms with van der Waals surface area (Å²) in [5.74, 6) is -0.175. The van der Waals surface area contributed by atoms with Crippen molar-refractivity contribution in [3.05, 3.63) is 69.4 Å². The summed E-state index contributed by atoms with van der Waals surface area (Å²) < 4.78 is 12.5. The van der Waals surface area contributed by atoms with Gasteiger partial charge in [-0.15, -0.1) is 0 Å². The van der Waals surface area contributed by atoms with Gasteiger partial charge in [-0.05, 0) is 93.8 Å². The number of fused-ring (bicyclic) bond motifs is 3. The fraction of sp³-hybridized carbons (Fsp3) is 0.414. The van der Waals surface area contributed by atoms with Gasteiger partial charge in [0, 0.05) is 29.2 Å². The molecule has 202 valence electrons. The van der Waals surface area contributed by atoms with Crippen molar-refractivity contribution in [2.24, 2.45) is 0 Å². The van der Waals surface area contributed by atoms with Crippen LogP contribution >= 0.6 is 11.6 Å². The molecule has 2 N–H and O–H groups in total. The zero-order valence-electron chi connectivity index (χ0n) is 22.3. The highest BCUT2D eigenvalue weighted by Gasteiger charge is 2.29. The highest BCUT2D eigenvalue weighted by molar-refractivity contribution is 6.30. The van der Waals surface area contributed by atoms with Gasteiger partial charge in [-0.1, -0.05) is 23.7 Å². The number of carboxylic acids is 1. The van der Waals surface area contributed by atoms with Gasteiger partial charge in [-0.2, -0.15) is 5.10 Å². The predicted molar refractivity (Wildman–Crippen MR) is 146 cm³/mol. The highest BCUT2D eigenvalue weighted by atomic mass is 35.5. The Labute approximate surface area is 227 Å². The van der Waals surface area contributed by atoms with Crippen molar-refractivity contribution < 1.29 is 24.2 Å². The minimum atomic E-state index is -1.00. The largest absolute Gasteiger partial charge is 0.496 e. The maximum atomic E-state index is 12.2. The number of amides is 1. The lowest BCUT2D eigenvalue weighted by Gasteiger charge is -2.19. The van der Waals surface area contributed by atoms with Crippen molar-refractivity contribution in [1.82, 2.24) is 15.1 Å². The molecule has 9 heteroatoms. The van der Waals surface area contributed by atoms with Crippen molar-refractivity contribution in [2.75, 3.05) is 13.7 Å². The number of benzene rings is 2. The molecule has 0 aliphatic heterocycles. The lowest BCUT2D eigenvalue weighted by Crippen LogP contribution is -2.33. The van der Waals surface area contributed by atoms with E-state index in [0.717, 1.165) is 40.8 Å². The predicted octanol–water partition coefficient (Wildman–Crippen LogP) is 5.71. The summed E-state index contributed by atoms with van der Waals surface area (Å²) in [7, 11) is 1.67. The number of aromatic carboxylic acids is 1. The fourth-order valence-corrected chi connectivity index (χ4v) is 4.88. The molecule has 0 unspecified atom stereocenters. The molecule has 0 saturated heterocycles. The van der Waals surface area contributed by atoms with Crippen LogP contribution in [-0.4, -0.2) is 46.2 Å². The Morgan fingerprint density at radius 1 is 1.13 bits per heavy atom. The van der Waals surface area contributed by atoms with Crippen molar-refractivity contribution in [1.29, 1.82) is 0 Å². The van der Waals surface area contributed by atoms with E-state index in [1.165, 1.54) is 5.56 Å². The van der Waals surface area contributed by atoms with E-state index in [0.29, 0.717) is 43.1 Å². The maximum Gasteiger partial charge on any atom is 0.407 e. The van der Waals surface area contributed by atoms with Crippen LogP contribution in [0.1, 0.15) is 59.9 Å². The second-order valence-corrected chi connectivity index (χ2v) is 10.9. The summed E-state index contributed by atoms with van der Waals surface area (Å²) in [6.07, 6.45) is 2.90. The third kappa shape index (κ3) is 6.48. The van der Waals surface area contributed by atoms with Gasteiger partial charge in [0.15, 0.2) is 0 Å². The summed E-state index contributed by atoms with van der Waals surface area (Å²) in [6, 6.07) is 12.0. The number of nitrogens with zero attached hydrogens (tertiary/aromatic N) is 2. The first-order valence-corrected chi connectivity index (χ1v) is 13.2. The van der Waals surface area contributed by atoms with Crippen molar-refractivity contribution in [3.63, 3.8) is 0 Å². The van der Waals surface area contributed by atoms with E-state index >= 15 is 0 Å². The van der Waals surface area contributed by atoms with E-state index in [4.69, 9.17) is 26.2 Å². The molecule has 2 aromatic carbocycles. The number of ether oxygens (including phenoxy) is 2. The van der Waals surface area contributed by atoms with E-state index < -0.39 is 17.7 Å².